The molecule has 80 valence electrons. The third kappa shape index (κ3) is 2.50. The van der Waals surface area contributed by atoms with E-state index in [-0.39, 0.29) is 0 Å². The third-order valence-corrected chi connectivity index (χ3v) is 2.85. The molecule has 0 fully saturated rings. The van der Waals surface area contributed by atoms with E-state index in [4.69, 9.17) is 0 Å². The summed E-state index contributed by atoms with van der Waals surface area (Å²) in [7, 11) is 2.02. The van der Waals surface area contributed by atoms with E-state index in [9.17, 15) is 0 Å². The molecule has 0 aromatic carbocycles. The molecule has 1 N–H and O–H groups in total. The van der Waals surface area contributed by atoms with E-state index < -0.39 is 0 Å². The van der Waals surface area contributed by atoms with Crippen LogP contribution in [0.15, 0.2) is 6.20 Å². The quantitative estimate of drug-likeness (QED) is 0.800. The summed E-state index contributed by atoms with van der Waals surface area (Å²) in [5.74, 6) is 1.64. The first-order chi connectivity index (χ1) is 6.54. The summed E-state index contributed by atoms with van der Waals surface area (Å²) < 4.78 is 2.04. The van der Waals surface area contributed by atoms with Crippen LogP contribution >= 0.6 is 0 Å². The number of imidazole rings is 1. The van der Waals surface area contributed by atoms with Gasteiger partial charge in [0.15, 0.2) is 0 Å². The number of aryl methyl sites for hydroxylation is 2. The second-order valence-electron chi connectivity index (χ2n) is 4.14. The lowest BCUT2D eigenvalue weighted by atomic mass is 10.0. The summed E-state index contributed by atoms with van der Waals surface area (Å²) in [6.07, 6.45) is 3.23. The predicted octanol–water partition coefficient (Wildman–Crippen LogP) is 2.58. The first-order valence-corrected chi connectivity index (χ1v) is 5.31. The van der Waals surface area contributed by atoms with Crippen molar-refractivity contribution in [1.29, 1.82) is 0 Å². The standard InChI is InChI=1S/C11H21N3/c1-6-8(2)10(4)13-11-12-9(3)7-14(11)5/h7-8,10H,6H2,1-5H3,(H,12,13). The van der Waals surface area contributed by atoms with Gasteiger partial charge in [0.2, 0.25) is 5.95 Å². The van der Waals surface area contributed by atoms with Gasteiger partial charge in [-0.15, -0.1) is 0 Å². The van der Waals surface area contributed by atoms with Crippen molar-refractivity contribution >= 4 is 5.95 Å². The topological polar surface area (TPSA) is 29.9 Å². The van der Waals surface area contributed by atoms with Crippen molar-refractivity contribution in [2.45, 2.75) is 40.2 Å². The zero-order chi connectivity index (χ0) is 10.7. The fourth-order valence-electron chi connectivity index (χ4n) is 1.45. The molecule has 1 aromatic rings. The Labute approximate surface area is 86.5 Å². The Hall–Kier alpha value is -0.990. The van der Waals surface area contributed by atoms with Gasteiger partial charge in [-0.05, 0) is 19.8 Å². The SMILES string of the molecule is CCC(C)C(C)Nc1nc(C)cn1C. The van der Waals surface area contributed by atoms with Gasteiger partial charge < -0.3 is 9.88 Å². The Morgan fingerprint density at radius 1 is 1.50 bits per heavy atom. The molecule has 0 radical (unpaired) electrons. The van der Waals surface area contributed by atoms with Crippen LogP contribution in [0.25, 0.3) is 0 Å². The highest BCUT2D eigenvalue weighted by atomic mass is 15.2. The van der Waals surface area contributed by atoms with Crippen LogP contribution in [0.4, 0.5) is 5.95 Å². The molecule has 1 heterocycles. The van der Waals surface area contributed by atoms with E-state index in [2.05, 4.69) is 31.1 Å². The van der Waals surface area contributed by atoms with Gasteiger partial charge >= 0.3 is 0 Å². The molecule has 14 heavy (non-hydrogen) atoms. The molecule has 1 rings (SSSR count). The maximum atomic E-state index is 4.42. The Morgan fingerprint density at radius 3 is 2.57 bits per heavy atom. The molecule has 0 aliphatic heterocycles. The smallest absolute Gasteiger partial charge is 0.202 e. The van der Waals surface area contributed by atoms with E-state index in [1.165, 1.54) is 6.42 Å². The van der Waals surface area contributed by atoms with Crippen molar-refractivity contribution in [3.63, 3.8) is 0 Å². The number of hydrogen-bond donors (Lipinski definition) is 1. The van der Waals surface area contributed by atoms with Crippen molar-refractivity contribution in [2.75, 3.05) is 5.32 Å². The van der Waals surface area contributed by atoms with E-state index >= 15 is 0 Å². The van der Waals surface area contributed by atoms with Crippen LogP contribution in [0.1, 0.15) is 32.9 Å². The lowest BCUT2D eigenvalue weighted by molar-refractivity contribution is 0.491. The Bertz CT molecular complexity index is 291. The normalized spacial score (nSPS) is 15.2. The zero-order valence-electron chi connectivity index (χ0n) is 9.83. The summed E-state index contributed by atoms with van der Waals surface area (Å²) in [6.45, 7) is 8.69. The molecule has 2 unspecified atom stereocenters. The minimum absolute atomic E-state index is 0.473. The van der Waals surface area contributed by atoms with E-state index in [1.807, 2.05) is 24.7 Å². The highest BCUT2D eigenvalue weighted by Crippen LogP contribution is 2.13. The summed E-state index contributed by atoms with van der Waals surface area (Å²) >= 11 is 0. The minimum Gasteiger partial charge on any atom is -0.353 e. The molecular weight excluding hydrogens is 174 g/mol. The number of rotatable bonds is 4. The number of nitrogens with zero attached hydrogens (tertiary/aromatic N) is 2. The number of hydrogen-bond acceptors (Lipinski definition) is 2. The molecule has 1 aromatic heterocycles. The fourth-order valence-corrected chi connectivity index (χ4v) is 1.45. The van der Waals surface area contributed by atoms with Crippen molar-refractivity contribution in [3.05, 3.63) is 11.9 Å². The first-order valence-electron chi connectivity index (χ1n) is 5.31. The van der Waals surface area contributed by atoms with Crippen LogP contribution in [0.3, 0.4) is 0 Å². The zero-order valence-corrected chi connectivity index (χ0v) is 9.83. The van der Waals surface area contributed by atoms with Crippen LogP contribution in [0, 0.1) is 12.8 Å². The first kappa shape index (κ1) is 11.1. The van der Waals surface area contributed by atoms with Crippen LogP contribution in [0.2, 0.25) is 0 Å². The molecule has 0 spiro atoms. The van der Waals surface area contributed by atoms with Gasteiger partial charge in [-0.3, -0.25) is 0 Å². The van der Waals surface area contributed by atoms with E-state index in [1.54, 1.807) is 0 Å². The summed E-state index contributed by atoms with van der Waals surface area (Å²) in [5, 5.41) is 3.43. The molecule has 0 aliphatic carbocycles. The van der Waals surface area contributed by atoms with E-state index in [0.29, 0.717) is 12.0 Å². The maximum absolute atomic E-state index is 4.42. The van der Waals surface area contributed by atoms with E-state index in [0.717, 1.165) is 11.6 Å². The van der Waals surface area contributed by atoms with Crippen LogP contribution in [0.5, 0.6) is 0 Å². The minimum atomic E-state index is 0.473. The molecule has 0 saturated carbocycles. The van der Waals surface area contributed by atoms with Crippen molar-refractivity contribution in [2.24, 2.45) is 13.0 Å². The number of anilines is 1. The number of aromatic nitrogens is 2. The largest absolute Gasteiger partial charge is 0.353 e. The van der Waals surface area contributed by atoms with Crippen LogP contribution in [-0.2, 0) is 7.05 Å². The van der Waals surface area contributed by atoms with Gasteiger partial charge in [0, 0.05) is 19.3 Å². The molecule has 0 bridgehead atoms. The Kier molecular flexibility index (Phi) is 3.55. The van der Waals surface area contributed by atoms with Gasteiger partial charge in [0.25, 0.3) is 0 Å². The fraction of sp³-hybridized carbons (Fsp3) is 0.727. The average molecular weight is 195 g/mol. The third-order valence-electron chi connectivity index (χ3n) is 2.85. The average Bonchev–Trinajstić information content (AvgIpc) is 2.44. The van der Waals surface area contributed by atoms with Crippen molar-refractivity contribution in [3.8, 4) is 0 Å². The second kappa shape index (κ2) is 4.49. The molecular formula is C11H21N3. The Morgan fingerprint density at radius 2 is 2.14 bits per heavy atom. The molecule has 0 saturated heterocycles. The summed E-state index contributed by atoms with van der Waals surface area (Å²) in [4.78, 5) is 4.42. The van der Waals surface area contributed by atoms with Gasteiger partial charge in [0.05, 0.1) is 5.69 Å². The highest BCUT2D eigenvalue weighted by molar-refractivity contribution is 5.29. The maximum Gasteiger partial charge on any atom is 0.202 e. The lowest BCUT2D eigenvalue weighted by Crippen LogP contribution is -2.24. The molecule has 3 nitrogen and oxygen atoms in total. The molecule has 3 heteroatoms. The monoisotopic (exact) mass is 195 g/mol. The number of nitrogens with one attached hydrogen (secondary N) is 1. The van der Waals surface area contributed by atoms with Gasteiger partial charge in [-0.1, -0.05) is 20.3 Å². The van der Waals surface area contributed by atoms with Gasteiger partial charge in [0.1, 0.15) is 0 Å². The summed E-state index contributed by atoms with van der Waals surface area (Å²) in [6, 6.07) is 0.473. The summed E-state index contributed by atoms with van der Waals surface area (Å²) in [5.41, 5.74) is 1.06. The second-order valence-corrected chi connectivity index (χ2v) is 4.14. The van der Waals surface area contributed by atoms with Crippen LogP contribution < -0.4 is 5.32 Å². The van der Waals surface area contributed by atoms with Gasteiger partial charge in [-0.2, -0.15) is 0 Å². The Balaban J connectivity index is 2.64. The molecule has 0 aliphatic rings. The highest BCUT2D eigenvalue weighted by Gasteiger charge is 2.12. The van der Waals surface area contributed by atoms with Crippen molar-refractivity contribution < 1.29 is 0 Å². The molecule has 0 amide bonds. The lowest BCUT2D eigenvalue weighted by Gasteiger charge is -2.20. The van der Waals surface area contributed by atoms with Crippen LogP contribution in [-0.4, -0.2) is 15.6 Å². The predicted molar refractivity (Wildman–Crippen MR) is 60.5 cm³/mol. The van der Waals surface area contributed by atoms with Gasteiger partial charge in [-0.25, -0.2) is 4.98 Å². The molecule has 2 atom stereocenters. The van der Waals surface area contributed by atoms with Crippen molar-refractivity contribution in [1.82, 2.24) is 9.55 Å².